The fraction of sp³-hybridized carbons (Fsp3) is 0.333. The molecule has 2 heterocycles. The third-order valence-corrected chi connectivity index (χ3v) is 2.95. The number of H-pyrrole nitrogens is 1. The van der Waals surface area contributed by atoms with E-state index >= 15 is 0 Å². The van der Waals surface area contributed by atoms with E-state index in [-0.39, 0.29) is 5.56 Å². The van der Waals surface area contributed by atoms with Gasteiger partial charge in [0.25, 0.3) is 0 Å². The second kappa shape index (κ2) is 6.85. The van der Waals surface area contributed by atoms with E-state index in [1.165, 1.54) is 5.56 Å². The zero-order chi connectivity index (χ0) is 13.5. The number of aromatic amines is 1. The zero-order valence-corrected chi connectivity index (χ0v) is 11.1. The van der Waals surface area contributed by atoms with Gasteiger partial charge in [-0.15, -0.1) is 0 Å². The Morgan fingerprint density at radius 3 is 2.95 bits per heavy atom. The van der Waals surface area contributed by atoms with Crippen molar-refractivity contribution in [2.75, 3.05) is 6.54 Å². The maximum absolute atomic E-state index is 11.1. The molecule has 0 aliphatic rings. The van der Waals surface area contributed by atoms with E-state index in [0.717, 1.165) is 37.2 Å². The normalized spacial score (nSPS) is 10.6. The van der Waals surface area contributed by atoms with Crippen LogP contribution in [0, 0.1) is 6.92 Å². The van der Waals surface area contributed by atoms with Gasteiger partial charge in [0, 0.05) is 30.7 Å². The van der Waals surface area contributed by atoms with Crippen LogP contribution in [0.3, 0.4) is 0 Å². The Hall–Kier alpha value is -1.94. The molecule has 0 spiro atoms. The zero-order valence-electron chi connectivity index (χ0n) is 11.1. The van der Waals surface area contributed by atoms with Crippen molar-refractivity contribution in [1.29, 1.82) is 0 Å². The van der Waals surface area contributed by atoms with Crippen LogP contribution < -0.4 is 10.9 Å². The Balaban J connectivity index is 1.69. The van der Waals surface area contributed by atoms with Gasteiger partial charge < -0.3 is 10.3 Å². The summed E-state index contributed by atoms with van der Waals surface area (Å²) in [7, 11) is 0. The molecule has 0 amide bonds. The SMILES string of the molecule is Cc1cc(CNCCCc2cc[nH]c(=O)c2)ccn1. The topological polar surface area (TPSA) is 57.8 Å². The van der Waals surface area contributed by atoms with Crippen LogP contribution >= 0.6 is 0 Å². The number of aryl methyl sites for hydroxylation is 2. The Morgan fingerprint density at radius 2 is 2.16 bits per heavy atom. The van der Waals surface area contributed by atoms with Crippen molar-refractivity contribution in [2.24, 2.45) is 0 Å². The molecule has 0 atom stereocenters. The molecule has 0 saturated heterocycles. The van der Waals surface area contributed by atoms with Crippen molar-refractivity contribution in [2.45, 2.75) is 26.3 Å². The van der Waals surface area contributed by atoms with Gasteiger partial charge >= 0.3 is 0 Å². The van der Waals surface area contributed by atoms with Gasteiger partial charge in [0.1, 0.15) is 0 Å². The number of hydrogen-bond acceptors (Lipinski definition) is 3. The van der Waals surface area contributed by atoms with Crippen LogP contribution in [0.4, 0.5) is 0 Å². The molecule has 0 unspecified atom stereocenters. The smallest absolute Gasteiger partial charge is 0.248 e. The molecular formula is C15H19N3O. The number of nitrogens with one attached hydrogen (secondary N) is 2. The van der Waals surface area contributed by atoms with E-state index in [4.69, 9.17) is 0 Å². The Labute approximate surface area is 112 Å². The Morgan fingerprint density at radius 1 is 1.26 bits per heavy atom. The summed E-state index contributed by atoms with van der Waals surface area (Å²) in [6, 6.07) is 7.72. The molecule has 0 fully saturated rings. The average molecular weight is 257 g/mol. The first kappa shape index (κ1) is 13.5. The molecule has 0 aliphatic heterocycles. The molecular weight excluding hydrogens is 238 g/mol. The van der Waals surface area contributed by atoms with Crippen LogP contribution in [0.1, 0.15) is 23.2 Å². The highest BCUT2D eigenvalue weighted by Gasteiger charge is 1.96. The third kappa shape index (κ3) is 4.67. The summed E-state index contributed by atoms with van der Waals surface area (Å²) in [6.07, 6.45) is 5.48. The van der Waals surface area contributed by atoms with Crippen molar-refractivity contribution >= 4 is 0 Å². The maximum Gasteiger partial charge on any atom is 0.248 e. The van der Waals surface area contributed by atoms with Gasteiger partial charge in [-0.1, -0.05) is 0 Å². The van der Waals surface area contributed by atoms with E-state index in [0.29, 0.717) is 0 Å². The average Bonchev–Trinajstić information content (AvgIpc) is 2.38. The lowest BCUT2D eigenvalue weighted by atomic mass is 10.1. The van der Waals surface area contributed by atoms with Gasteiger partial charge in [-0.2, -0.15) is 0 Å². The monoisotopic (exact) mass is 257 g/mol. The van der Waals surface area contributed by atoms with Crippen LogP contribution in [-0.2, 0) is 13.0 Å². The number of rotatable bonds is 6. The second-order valence-corrected chi connectivity index (χ2v) is 4.65. The van der Waals surface area contributed by atoms with Gasteiger partial charge in [0.15, 0.2) is 0 Å². The summed E-state index contributed by atoms with van der Waals surface area (Å²) in [5.41, 5.74) is 3.36. The molecule has 19 heavy (non-hydrogen) atoms. The molecule has 0 radical (unpaired) electrons. The van der Waals surface area contributed by atoms with Crippen molar-refractivity contribution in [3.8, 4) is 0 Å². The fourth-order valence-electron chi connectivity index (χ4n) is 2.01. The van der Waals surface area contributed by atoms with Crippen LogP contribution in [0.25, 0.3) is 0 Å². The highest BCUT2D eigenvalue weighted by molar-refractivity contribution is 5.15. The van der Waals surface area contributed by atoms with Crippen LogP contribution in [-0.4, -0.2) is 16.5 Å². The van der Waals surface area contributed by atoms with Gasteiger partial charge in [-0.25, -0.2) is 0 Å². The van der Waals surface area contributed by atoms with E-state index < -0.39 is 0 Å². The number of aromatic nitrogens is 2. The van der Waals surface area contributed by atoms with Crippen molar-refractivity contribution in [3.63, 3.8) is 0 Å². The van der Waals surface area contributed by atoms with Gasteiger partial charge in [-0.3, -0.25) is 9.78 Å². The summed E-state index contributed by atoms with van der Waals surface area (Å²) in [5, 5.41) is 3.40. The quantitative estimate of drug-likeness (QED) is 0.776. The highest BCUT2D eigenvalue weighted by atomic mass is 16.1. The van der Waals surface area contributed by atoms with Gasteiger partial charge in [0.2, 0.25) is 5.56 Å². The lowest BCUT2D eigenvalue weighted by Gasteiger charge is -2.05. The van der Waals surface area contributed by atoms with Gasteiger partial charge in [-0.05, 0) is 55.6 Å². The molecule has 0 bridgehead atoms. The number of pyridine rings is 2. The van der Waals surface area contributed by atoms with Crippen molar-refractivity contribution < 1.29 is 0 Å². The molecule has 4 nitrogen and oxygen atoms in total. The molecule has 0 saturated carbocycles. The van der Waals surface area contributed by atoms with Crippen molar-refractivity contribution in [1.82, 2.24) is 15.3 Å². The predicted octanol–water partition coefficient (Wildman–Crippen LogP) is 1.80. The molecule has 2 aromatic rings. The molecule has 0 aromatic carbocycles. The van der Waals surface area contributed by atoms with Crippen LogP contribution in [0.15, 0.2) is 41.5 Å². The summed E-state index contributed by atoms with van der Waals surface area (Å²) >= 11 is 0. The maximum atomic E-state index is 11.1. The Bertz CT molecular complexity index is 577. The van der Waals surface area contributed by atoms with Crippen molar-refractivity contribution in [3.05, 3.63) is 63.8 Å². The first-order valence-electron chi connectivity index (χ1n) is 6.54. The van der Waals surface area contributed by atoms with Crippen LogP contribution in [0.2, 0.25) is 0 Å². The summed E-state index contributed by atoms with van der Waals surface area (Å²) in [6.45, 7) is 3.79. The first-order chi connectivity index (χ1) is 9.24. The van der Waals surface area contributed by atoms with E-state index in [2.05, 4.69) is 21.4 Å². The fourth-order valence-corrected chi connectivity index (χ4v) is 2.01. The van der Waals surface area contributed by atoms with E-state index in [1.807, 2.05) is 25.3 Å². The molecule has 4 heteroatoms. The summed E-state index contributed by atoms with van der Waals surface area (Å²) in [4.78, 5) is 17.9. The standard InChI is InChI=1S/C15H19N3O/c1-12-9-14(5-7-17-12)11-16-6-2-3-13-4-8-18-15(19)10-13/h4-5,7-10,16H,2-3,6,11H2,1H3,(H,18,19). The van der Waals surface area contributed by atoms with E-state index in [9.17, 15) is 4.79 Å². The predicted molar refractivity (Wildman–Crippen MR) is 76.1 cm³/mol. The van der Waals surface area contributed by atoms with Crippen LogP contribution in [0.5, 0.6) is 0 Å². The second-order valence-electron chi connectivity index (χ2n) is 4.65. The Kier molecular flexibility index (Phi) is 4.86. The third-order valence-electron chi connectivity index (χ3n) is 2.95. The molecule has 2 aromatic heterocycles. The minimum absolute atomic E-state index is 0.0299. The van der Waals surface area contributed by atoms with E-state index in [1.54, 1.807) is 12.3 Å². The highest BCUT2D eigenvalue weighted by Crippen LogP contribution is 2.01. The molecule has 0 aliphatic carbocycles. The minimum Gasteiger partial charge on any atom is -0.329 e. The number of nitrogens with zero attached hydrogens (tertiary/aromatic N) is 1. The summed E-state index contributed by atoms with van der Waals surface area (Å²) < 4.78 is 0. The van der Waals surface area contributed by atoms with Gasteiger partial charge in [0.05, 0.1) is 0 Å². The lowest BCUT2D eigenvalue weighted by molar-refractivity contribution is 0.648. The molecule has 100 valence electrons. The molecule has 2 N–H and O–H groups in total. The molecule has 2 rings (SSSR count). The largest absolute Gasteiger partial charge is 0.329 e. The summed E-state index contributed by atoms with van der Waals surface area (Å²) in [5.74, 6) is 0. The minimum atomic E-state index is -0.0299. The lowest BCUT2D eigenvalue weighted by Crippen LogP contribution is -2.15. The number of hydrogen-bond donors (Lipinski definition) is 2. The first-order valence-corrected chi connectivity index (χ1v) is 6.54.